The summed E-state index contributed by atoms with van der Waals surface area (Å²) in [5, 5.41) is 3.50. The molecule has 1 saturated carbocycles. The molecule has 18 heavy (non-hydrogen) atoms. The first-order valence-electron chi connectivity index (χ1n) is 7.73. The van der Waals surface area contributed by atoms with Gasteiger partial charge in [-0.3, -0.25) is 10.1 Å². The van der Waals surface area contributed by atoms with Crippen LogP contribution in [0.15, 0.2) is 0 Å². The summed E-state index contributed by atoms with van der Waals surface area (Å²) in [7, 11) is 0. The Hall–Kier alpha value is -0.570. The van der Waals surface area contributed by atoms with Gasteiger partial charge < -0.3 is 4.90 Å². The Morgan fingerprint density at radius 2 is 1.89 bits per heavy atom. The molecule has 2 aliphatic rings. The number of nitrogens with zero attached hydrogens (tertiary/aromatic N) is 1. The Balaban J connectivity index is 2.05. The maximum absolute atomic E-state index is 12.6. The first-order chi connectivity index (χ1) is 8.65. The molecule has 1 N–H and O–H groups in total. The number of nitrogens with one attached hydrogen (secondary N) is 1. The molecular formula is C15H28N2O. The zero-order valence-electron chi connectivity index (χ0n) is 12.1. The highest BCUT2D eigenvalue weighted by atomic mass is 16.2. The standard InChI is InChI=1S/C15H28N2O/c1-4-11(2)14-15(18)17(12(3)16-14)13-9-7-5-6-8-10-13/h11-14,16H,4-10H2,1-3H3. The van der Waals surface area contributed by atoms with Crippen molar-refractivity contribution in [1.29, 1.82) is 0 Å². The molecule has 0 bridgehead atoms. The van der Waals surface area contributed by atoms with E-state index in [0.29, 0.717) is 17.9 Å². The highest BCUT2D eigenvalue weighted by Crippen LogP contribution is 2.28. The molecule has 0 aromatic heterocycles. The molecule has 2 rings (SSSR count). The topological polar surface area (TPSA) is 32.3 Å². The van der Waals surface area contributed by atoms with Crippen molar-refractivity contribution >= 4 is 5.91 Å². The molecule has 104 valence electrons. The maximum atomic E-state index is 12.6. The summed E-state index contributed by atoms with van der Waals surface area (Å²) in [5.74, 6) is 0.791. The van der Waals surface area contributed by atoms with E-state index in [1.165, 1.54) is 38.5 Å². The lowest BCUT2D eigenvalue weighted by atomic mass is 9.98. The Labute approximate surface area is 111 Å². The third kappa shape index (κ3) is 2.71. The van der Waals surface area contributed by atoms with Crippen molar-refractivity contribution in [3.05, 3.63) is 0 Å². The van der Waals surface area contributed by atoms with Crippen molar-refractivity contribution in [3.63, 3.8) is 0 Å². The minimum absolute atomic E-state index is 0.0493. The van der Waals surface area contributed by atoms with Gasteiger partial charge >= 0.3 is 0 Å². The quantitative estimate of drug-likeness (QED) is 0.783. The Kier molecular flexibility index (Phi) is 4.66. The van der Waals surface area contributed by atoms with E-state index in [4.69, 9.17) is 0 Å². The van der Waals surface area contributed by atoms with Gasteiger partial charge in [-0.25, -0.2) is 0 Å². The lowest BCUT2D eigenvalue weighted by Crippen LogP contribution is -2.43. The fourth-order valence-electron chi connectivity index (χ4n) is 3.44. The normalized spacial score (nSPS) is 32.6. The van der Waals surface area contributed by atoms with Gasteiger partial charge in [0.05, 0.1) is 12.2 Å². The summed E-state index contributed by atoms with van der Waals surface area (Å²) in [6.45, 7) is 6.49. The number of hydrogen-bond acceptors (Lipinski definition) is 2. The highest BCUT2D eigenvalue weighted by molar-refractivity contribution is 5.84. The van der Waals surface area contributed by atoms with Crippen LogP contribution in [0.2, 0.25) is 0 Å². The van der Waals surface area contributed by atoms with Crippen molar-refractivity contribution in [2.45, 2.75) is 84.0 Å². The van der Waals surface area contributed by atoms with Crippen LogP contribution < -0.4 is 5.32 Å². The Morgan fingerprint density at radius 1 is 1.28 bits per heavy atom. The summed E-state index contributed by atoms with van der Waals surface area (Å²) < 4.78 is 0. The molecule has 1 aliphatic carbocycles. The van der Waals surface area contributed by atoms with Gasteiger partial charge in [0.25, 0.3) is 0 Å². The van der Waals surface area contributed by atoms with Gasteiger partial charge in [0, 0.05) is 6.04 Å². The molecule has 1 heterocycles. The third-order valence-corrected chi connectivity index (χ3v) is 4.79. The monoisotopic (exact) mass is 252 g/mol. The number of carbonyl (C=O) groups is 1. The largest absolute Gasteiger partial charge is 0.323 e. The van der Waals surface area contributed by atoms with Crippen molar-refractivity contribution < 1.29 is 4.79 Å². The van der Waals surface area contributed by atoms with Gasteiger partial charge in [-0.05, 0) is 25.7 Å². The lowest BCUT2D eigenvalue weighted by molar-refractivity contribution is -0.133. The van der Waals surface area contributed by atoms with Crippen LogP contribution in [0.4, 0.5) is 0 Å². The van der Waals surface area contributed by atoms with Crippen LogP contribution in [0.3, 0.4) is 0 Å². The van der Waals surface area contributed by atoms with Crippen LogP contribution in [0.1, 0.15) is 65.7 Å². The molecule has 1 saturated heterocycles. The number of rotatable bonds is 3. The molecule has 1 aliphatic heterocycles. The molecule has 3 unspecified atom stereocenters. The van der Waals surface area contributed by atoms with Crippen LogP contribution in [0.25, 0.3) is 0 Å². The van der Waals surface area contributed by atoms with E-state index < -0.39 is 0 Å². The Bertz CT molecular complexity index is 284. The number of amides is 1. The third-order valence-electron chi connectivity index (χ3n) is 4.79. The van der Waals surface area contributed by atoms with Crippen molar-refractivity contribution in [2.75, 3.05) is 0 Å². The summed E-state index contributed by atoms with van der Waals surface area (Å²) in [6.07, 6.45) is 8.94. The van der Waals surface area contributed by atoms with Crippen molar-refractivity contribution in [2.24, 2.45) is 5.92 Å². The number of carbonyl (C=O) groups excluding carboxylic acids is 1. The van der Waals surface area contributed by atoms with Gasteiger partial charge in [0.2, 0.25) is 5.91 Å². The molecule has 0 aromatic rings. The molecular weight excluding hydrogens is 224 g/mol. The number of hydrogen-bond donors (Lipinski definition) is 1. The second kappa shape index (κ2) is 6.05. The predicted molar refractivity (Wildman–Crippen MR) is 74.2 cm³/mol. The minimum Gasteiger partial charge on any atom is -0.323 e. The summed E-state index contributed by atoms with van der Waals surface area (Å²) in [6, 6.07) is 0.532. The fraction of sp³-hybridized carbons (Fsp3) is 0.933. The first-order valence-corrected chi connectivity index (χ1v) is 7.73. The summed E-state index contributed by atoms with van der Waals surface area (Å²) in [5.41, 5.74) is 0. The average molecular weight is 252 g/mol. The minimum atomic E-state index is 0.0493. The molecule has 0 spiro atoms. The van der Waals surface area contributed by atoms with Gasteiger partial charge in [-0.15, -0.1) is 0 Å². The molecule has 1 amide bonds. The smallest absolute Gasteiger partial charge is 0.241 e. The maximum Gasteiger partial charge on any atom is 0.241 e. The fourth-order valence-corrected chi connectivity index (χ4v) is 3.44. The zero-order valence-corrected chi connectivity index (χ0v) is 12.1. The van der Waals surface area contributed by atoms with Gasteiger partial charge in [0.1, 0.15) is 0 Å². The summed E-state index contributed by atoms with van der Waals surface area (Å²) in [4.78, 5) is 14.7. The van der Waals surface area contributed by atoms with E-state index in [1.807, 2.05) is 0 Å². The van der Waals surface area contributed by atoms with E-state index in [0.717, 1.165) is 6.42 Å². The lowest BCUT2D eigenvalue weighted by Gasteiger charge is -2.30. The first kappa shape index (κ1) is 13.9. The van der Waals surface area contributed by atoms with Gasteiger partial charge in [-0.2, -0.15) is 0 Å². The van der Waals surface area contributed by atoms with Gasteiger partial charge in [0.15, 0.2) is 0 Å². The van der Waals surface area contributed by atoms with Crippen LogP contribution in [0.5, 0.6) is 0 Å². The molecule has 2 fully saturated rings. The zero-order chi connectivity index (χ0) is 13.1. The summed E-state index contributed by atoms with van der Waals surface area (Å²) >= 11 is 0. The second-order valence-corrected chi connectivity index (χ2v) is 6.10. The SMILES string of the molecule is CCC(C)C1NC(C)N(C2CCCCCC2)C1=O. The van der Waals surface area contributed by atoms with Crippen molar-refractivity contribution in [1.82, 2.24) is 10.2 Å². The molecule has 3 heteroatoms. The molecule has 0 radical (unpaired) electrons. The second-order valence-electron chi connectivity index (χ2n) is 6.10. The Morgan fingerprint density at radius 3 is 2.44 bits per heavy atom. The van der Waals surface area contributed by atoms with Crippen LogP contribution >= 0.6 is 0 Å². The van der Waals surface area contributed by atoms with Crippen LogP contribution in [0, 0.1) is 5.92 Å². The van der Waals surface area contributed by atoms with E-state index in [-0.39, 0.29) is 12.2 Å². The van der Waals surface area contributed by atoms with E-state index in [2.05, 4.69) is 31.0 Å². The molecule has 0 aromatic carbocycles. The van der Waals surface area contributed by atoms with E-state index in [1.54, 1.807) is 0 Å². The van der Waals surface area contributed by atoms with Crippen molar-refractivity contribution in [3.8, 4) is 0 Å². The van der Waals surface area contributed by atoms with Gasteiger partial charge in [-0.1, -0.05) is 46.0 Å². The average Bonchev–Trinajstić information content (AvgIpc) is 2.59. The molecule has 3 nitrogen and oxygen atoms in total. The van der Waals surface area contributed by atoms with Crippen LogP contribution in [-0.2, 0) is 4.79 Å². The van der Waals surface area contributed by atoms with E-state index >= 15 is 0 Å². The van der Waals surface area contributed by atoms with Crippen LogP contribution in [-0.4, -0.2) is 29.1 Å². The van der Waals surface area contributed by atoms with E-state index in [9.17, 15) is 4.79 Å². The highest BCUT2D eigenvalue weighted by Gasteiger charge is 2.41. The molecule has 3 atom stereocenters. The predicted octanol–water partition coefficient (Wildman–Crippen LogP) is 2.90.